The molecule has 0 aromatic carbocycles. The van der Waals surface area contributed by atoms with Gasteiger partial charge in [-0.2, -0.15) is 4.98 Å². The Morgan fingerprint density at radius 1 is 1.56 bits per heavy atom. The van der Waals surface area contributed by atoms with Crippen LogP contribution >= 0.6 is 0 Å². The van der Waals surface area contributed by atoms with Crippen LogP contribution < -0.4 is 10.6 Å². The normalized spacial score (nSPS) is 17.1. The van der Waals surface area contributed by atoms with Gasteiger partial charge in [-0.3, -0.25) is 0 Å². The summed E-state index contributed by atoms with van der Waals surface area (Å²) in [5, 5.41) is 4.29. The molecule has 1 saturated carbocycles. The van der Waals surface area contributed by atoms with E-state index in [1.165, 1.54) is 29.6 Å². The van der Waals surface area contributed by atoms with E-state index in [2.05, 4.69) is 10.1 Å². The lowest BCUT2D eigenvalue weighted by molar-refractivity contribution is 0.560. The van der Waals surface area contributed by atoms with Crippen molar-refractivity contribution in [3.8, 4) is 0 Å². The molecule has 96 valence electrons. The Kier molecular flexibility index (Phi) is 2.66. The zero-order valence-electron chi connectivity index (χ0n) is 10.3. The molecule has 3 rings (SSSR count). The van der Waals surface area contributed by atoms with E-state index in [9.17, 15) is 4.39 Å². The maximum Gasteiger partial charge on any atom is 0.245 e. The van der Waals surface area contributed by atoms with Crippen LogP contribution in [0.3, 0.4) is 0 Å². The van der Waals surface area contributed by atoms with Gasteiger partial charge < -0.3 is 10.6 Å². The van der Waals surface area contributed by atoms with Gasteiger partial charge in [0, 0.05) is 19.6 Å². The zero-order valence-corrected chi connectivity index (χ0v) is 10.3. The summed E-state index contributed by atoms with van der Waals surface area (Å²) in [6.07, 6.45) is 3.76. The third-order valence-electron chi connectivity index (χ3n) is 3.50. The highest BCUT2D eigenvalue weighted by Gasteiger charge is 2.34. The molecule has 0 bridgehead atoms. The smallest absolute Gasteiger partial charge is 0.245 e. The fourth-order valence-electron chi connectivity index (χ4n) is 2.29. The fourth-order valence-corrected chi connectivity index (χ4v) is 2.29. The first-order chi connectivity index (χ1) is 8.69. The number of fused-ring (bicyclic) bond motifs is 1. The molecule has 0 saturated heterocycles. The van der Waals surface area contributed by atoms with E-state index in [-0.39, 0.29) is 11.9 Å². The molecule has 18 heavy (non-hydrogen) atoms. The SMILES string of the molecule is CN(c1nc2ccc(F)cn2n1)C(CN)C1CC1. The van der Waals surface area contributed by atoms with E-state index in [1.54, 1.807) is 6.07 Å². The largest absolute Gasteiger partial charge is 0.338 e. The van der Waals surface area contributed by atoms with E-state index in [0.717, 1.165) is 0 Å². The van der Waals surface area contributed by atoms with Crippen LogP contribution in [0.5, 0.6) is 0 Å². The lowest BCUT2D eigenvalue weighted by atomic mass is 10.2. The number of anilines is 1. The highest BCUT2D eigenvalue weighted by Crippen LogP contribution is 2.35. The van der Waals surface area contributed by atoms with Gasteiger partial charge in [-0.15, -0.1) is 5.10 Å². The molecule has 0 radical (unpaired) electrons. The summed E-state index contributed by atoms with van der Waals surface area (Å²) >= 11 is 0. The summed E-state index contributed by atoms with van der Waals surface area (Å²) in [5.74, 6) is 0.922. The number of nitrogens with zero attached hydrogens (tertiary/aromatic N) is 4. The first kappa shape index (κ1) is 11.4. The number of hydrogen-bond donors (Lipinski definition) is 1. The average Bonchev–Trinajstić information content (AvgIpc) is 3.08. The van der Waals surface area contributed by atoms with Gasteiger partial charge in [0.05, 0.1) is 6.20 Å². The number of aromatic nitrogens is 3. The van der Waals surface area contributed by atoms with Crippen LogP contribution in [-0.4, -0.2) is 34.2 Å². The van der Waals surface area contributed by atoms with Gasteiger partial charge in [0.15, 0.2) is 5.65 Å². The van der Waals surface area contributed by atoms with E-state index < -0.39 is 0 Å². The fraction of sp³-hybridized carbons (Fsp3) is 0.500. The Bertz CT molecular complexity index is 563. The molecule has 1 aliphatic carbocycles. The Labute approximate surface area is 104 Å². The number of rotatable bonds is 4. The molecule has 2 aromatic rings. The Hall–Kier alpha value is -1.69. The van der Waals surface area contributed by atoms with Crippen LogP contribution in [0.15, 0.2) is 18.3 Å². The van der Waals surface area contributed by atoms with Crippen molar-refractivity contribution in [2.24, 2.45) is 11.7 Å². The molecule has 1 unspecified atom stereocenters. The lowest BCUT2D eigenvalue weighted by Crippen LogP contribution is -2.40. The maximum atomic E-state index is 13.1. The molecule has 6 heteroatoms. The van der Waals surface area contributed by atoms with Crippen LogP contribution in [0.4, 0.5) is 10.3 Å². The Morgan fingerprint density at radius 3 is 3.00 bits per heavy atom. The quantitative estimate of drug-likeness (QED) is 0.879. The summed E-state index contributed by atoms with van der Waals surface area (Å²) in [6.45, 7) is 0.588. The predicted octanol–water partition coefficient (Wildman–Crippen LogP) is 1.04. The van der Waals surface area contributed by atoms with E-state index >= 15 is 0 Å². The van der Waals surface area contributed by atoms with Gasteiger partial charge in [-0.25, -0.2) is 8.91 Å². The minimum Gasteiger partial charge on any atom is -0.338 e. The van der Waals surface area contributed by atoms with E-state index in [0.29, 0.717) is 24.1 Å². The molecule has 1 fully saturated rings. The second kappa shape index (κ2) is 4.20. The number of likely N-dealkylation sites (N-methyl/N-ethyl adjacent to an activating group) is 1. The molecular weight excluding hydrogens is 233 g/mol. The summed E-state index contributed by atoms with van der Waals surface area (Å²) in [6, 6.07) is 3.27. The van der Waals surface area contributed by atoms with Crippen molar-refractivity contribution >= 4 is 11.6 Å². The van der Waals surface area contributed by atoms with Gasteiger partial charge in [-0.05, 0) is 30.9 Å². The second-order valence-corrected chi connectivity index (χ2v) is 4.81. The van der Waals surface area contributed by atoms with Crippen molar-refractivity contribution in [3.05, 3.63) is 24.1 Å². The lowest BCUT2D eigenvalue weighted by Gasteiger charge is -2.25. The first-order valence-corrected chi connectivity index (χ1v) is 6.14. The van der Waals surface area contributed by atoms with Crippen molar-refractivity contribution < 1.29 is 4.39 Å². The third kappa shape index (κ3) is 1.92. The van der Waals surface area contributed by atoms with Crippen molar-refractivity contribution in [1.82, 2.24) is 14.6 Å². The Morgan fingerprint density at radius 2 is 2.33 bits per heavy atom. The molecule has 1 atom stereocenters. The summed E-state index contributed by atoms with van der Waals surface area (Å²) < 4.78 is 14.5. The highest BCUT2D eigenvalue weighted by atomic mass is 19.1. The van der Waals surface area contributed by atoms with Gasteiger partial charge in [0.25, 0.3) is 0 Å². The molecular formula is C12H16FN5. The van der Waals surface area contributed by atoms with Crippen molar-refractivity contribution in [1.29, 1.82) is 0 Å². The topological polar surface area (TPSA) is 59.5 Å². The molecule has 2 aromatic heterocycles. The first-order valence-electron chi connectivity index (χ1n) is 6.14. The highest BCUT2D eigenvalue weighted by molar-refractivity contribution is 5.45. The number of nitrogens with two attached hydrogens (primary N) is 1. The molecule has 5 nitrogen and oxygen atoms in total. The summed E-state index contributed by atoms with van der Waals surface area (Å²) in [4.78, 5) is 6.39. The van der Waals surface area contributed by atoms with Gasteiger partial charge in [0.1, 0.15) is 5.82 Å². The minimum absolute atomic E-state index is 0.271. The molecule has 0 aliphatic heterocycles. The van der Waals surface area contributed by atoms with E-state index in [1.807, 2.05) is 11.9 Å². The van der Waals surface area contributed by atoms with Crippen LogP contribution in [-0.2, 0) is 0 Å². The monoisotopic (exact) mass is 249 g/mol. The molecule has 2 N–H and O–H groups in total. The summed E-state index contributed by atoms with van der Waals surface area (Å²) in [7, 11) is 1.95. The van der Waals surface area contributed by atoms with Gasteiger partial charge >= 0.3 is 0 Å². The molecule has 1 aliphatic rings. The maximum absolute atomic E-state index is 13.1. The predicted molar refractivity (Wildman–Crippen MR) is 66.9 cm³/mol. The summed E-state index contributed by atoms with van der Waals surface area (Å²) in [5.41, 5.74) is 6.45. The van der Waals surface area contributed by atoms with Crippen LogP contribution in [0, 0.1) is 11.7 Å². The Balaban J connectivity index is 1.92. The van der Waals surface area contributed by atoms with Crippen molar-refractivity contribution in [2.45, 2.75) is 18.9 Å². The molecule has 0 spiro atoms. The number of hydrogen-bond acceptors (Lipinski definition) is 4. The molecule has 0 amide bonds. The number of pyridine rings is 1. The second-order valence-electron chi connectivity index (χ2n) is 4.81. The van der Waals surface area contributed by atoms with E-state index in [4.69, 9.17) is 5.73 Å². The van der Waals surface area contributed by atoms with Crippen molar-refractivity contribution in [3.63, 3.8) is 0 Å². The van der Waals surface area contributed by atoms with Crippen molar-refractivity contribution in [2.75, 3.05) is 18.5 Å². The standard InChI is InChI=1S/C12H16FN5/c1-17(10(6-14)8-2-3-8)12-15-11-5-4-9(13)7-18(11)16-12/h4-5,7-8,10H,2-3,6,14H2,1H3. The number of halogens is 1. The van der Waals surface area contributed by atoms with Gasteiger partial charge in [-0.1, -0.05) is 0 Å². The third-order valence-corrected chi connectivity index (χ3v) is 3.50. The van der Waals surface area contributed by atoms with Crippen LogP contribution in [0.2, 0.25) is 0 Å². The van der Waals surface area contributed by atoms with Crippen LogP contribution in [0.1, 0.15) is 12.8 Å². The minimum atomic E-state index is -0.320. The van der Waals surface area contributed by atoms with Gasteiger partial charge in [0.2, 0.25) is 5.95 Å². The average molecular weight is 249 g/mol. The molecule has 2 heterocycles. The van der Waals surface area contributed by atoms with Crippen LogP contribution in [0.25, 0.3) is 5.65 Å². The zero-order chi connectivity index (χ0) is 12.7.